The van der Waals surface area contributed by atoms with E-state index in [0.29, 0.717) is 18.9 Å². The summed E-state index contributed by atoms with van der Waals surface area (Å²) in [4.78, 5) is 18.3. The Hall–Kier alpha value is -1.70. The van der Waals surface area contributed by atoms with E-state index in [-0.39, 0.29) is 5.69 Å². The molecule has 6 nitrogen and oxygen atoms in total. The lowest BCUT2D eigenvalue weighted by Gasteiger charge is -2.27. The van der Waals surface area contributed by atoms with Gasteiger partial charge in [0.15, 0.2) is 0 Å². The second-order valence-electron chi connectivity index (χ2n) is 5.58. The van der Waals surface area contributed by atoms with Crippen molar-refractivity contribution in [1.82, 2.24) is 14.5 Å². The molecule has 1 saturated heterocycles. The van der Waals surface area contributed by atoms with Gasteiger partial charge in [0.1, 0.15) is 5.82 Å². The summed E-state index contributed by atoms with van der Waals surface area (Å²) in [6, 6.07) is 7.88. The zero-order valence-electron chi connectivity index (χ0n) is 12.7. The summed E-state index contributed by atoms with van der Waals surface area (Å²) in [6.07, 6.45) is 1.82. The van der Waals surface area contributed by atoms with Crippen LogP contribution < -0.4 is 11.4 Å². The molecule has 2 heterocycles. The number of halogens is 1. The highest BCUT2D eigenvalue weighted by Crippen LogP contribution is 2.13. The molecular formula is C16H19BrN4O2. The van der Waals surface area contributed by atoms with Crippen molar-refractivity contribution in [3.05, 3.63) is 56.5 Å². The lowest BCUT2D eigenvalue weighted by Crippen LogP contribution is -2.36. The normalized spacial score (nSPS) is 15.7. The van der Waals surface area contributed by atoms with Crippen molar-refractivity contribution in [1.29, 1.82) is 0 Å². The third-order valence-corrected chi connectivity index (χ3v) is 4.39. The van der Waals surface area contributed by atoms with Gasteiger partial charge in [-0.3, -0.25) is 9.47 Å². The molecule has 0 atom stereocenters. The Morgan fingerprint density at radius 2 is 1.87 bits per heavy atom. The largest absolute Gasteiger partial charge is 0.383 e. The van der Waals surface area contributed by atoms with Gasteiger partial charge in [-0.1, -0.05) is 28.1 Å². The molecule has 3 rings (SSSR count). The quantitative estimate of drug-likeness (QED) is 0.871. The predicted molar refractivity (Wildman–Crippen MR) is 92.2 cm³/mol. The summed E-state index contributed by atoms with van der Waals surface area (Å²) in [5, 5.41) is 0. The van der Waals surface area contributed by atoms with Gasteiger partial charge in [0.05, 0.1) is 19.8 Å². The van der Waals surface area contributed by atoms with Gasteiger partial charge in [0.25, 0.3) is 0 Å². The Morgan fingerprint density at radius 3 is 2.57 bits per heavy atom. The molecule has 2 aromatic rings. The maximum atomic E-state index is 12.1. The van der Waals surface area contributed by atoms with E-state index in [9.17, 15) is 4.79 Å². The number of nitrogens with two attached hydrogens (primary N) is 1. The molecule has 23 heavy (non-hydrogen) atoms. The number of aromatic nitrogens is 2. The van der Waals surface area contributed by atoms with E-state index in [0.717, 1.165) is 41.9 Å². The number of hydrogen-bond acceptors (Lipinski definition) is 5. The molecule has 2 N–H and O–H groups in total. The number of rotatable bonds is 4. The summed E-state index contributed by atoms with van der Waals surface area (Å²) in [7, 11) is 0. The second-order valence-corrected chi connectivity index (χ2v) is 6.49. The van der Waals surface area contributed by atoms with Crippen LogP contribution >= 0.6 is 15.9 Å². The maximum absolute atomic E-state index is 12.1. The highest BCUT2D eigenvalue weighted by molar-refractivity contribution is 9.10. The minimum Gasteiger partial charge on any atom is -0.383 e. The monoisotopic (exact) mass is 378 g/mol. The van der Waals surface area contributed by atoms with Crippen LogP contribution in [0.2, 0.25) is 0 Å². The Kier molecular flexibility index (Phi) is 5.09. The first-order valence-corrected chi connectivity index (χ1v) is 8.31. The topological polar surface area (TPSA) is 73.4 Å². The van der Waals surface area contributed by atoms with Crippen molar-refractivity contribution in [2.75, 3.05) is 32.0 Å². The van der Waals surface area contributed by atoms with Crippen LogP contribution in [0.15, 0.2) is 39.7 Å². The molecule has 0 unspecified atom stereocenters. The smallest absolute Gasteiger partial charge is 0.349 e. The molecule has 7 heteroatoms. The average Bonchev–Trinajstić information content (AvgIpc) is 2.55. The molecule has 1 aliphatic heterocycles. The molecule has 0 saturated carbocycles. The van der Waals surface area contributed by atoms with Gasteiger partial charge >= 0.3 is 5.69 Å². The maximum Gasteiger partial charge on any atom is 0.349 e. The number of benzene rings is 1. The van der Waals surface area contributed by atoms with Crippen molar-refractivity contribution in [2.45, 2.75) is 13.1 Å². The number of nitrogens with zero attached hydrogens (tertiary/aromatic N) is 3. The zero-order valence-corrected chi connectivity index (χ0v) is 14.3. The van der Waals surface area contributed by atoms with E-state index in [1.165, 1.54) is 0 Å². The van der Waals surface area contributed by atoms with Gasteiger partial charge in [0, 0.05) is 35.9 Å². The van der Waals surface area contributed by atoms with Gasteiger partial charge in [0.2, 0.25) is 0 Å². The van der Waals surface area contributed by atoms with Gasteiger partial charge in [-0.15, -0.1) is 0 Å². The molecule has 0 amide bonds. The summed E-state index contributed by atoms with van der Waals surface area (Å²) in [6.45, 7) is 4.35. The number of hydrogen-bond donors (Lipinski definition) is 1. The predicted octanol–water partition coefficient (Wildman–Crippen LogP) is 1.47. The molecule has 1 aromatic heterocycles. The van der Waals surface area contributed by atoms with Gasteiger partial charge in [-0.2, -0.15) is 4.98 Å². The first kappa shape index (κ1) is 16.2. The van der Waals surface area contributed by atoms with Gasteiger partial charge < -0.3 is 10.5 Å². The molecule has 0 bridgehead atoms. The zero-order chi connectivity index (χ0) is 16.2. The van der Waals surface area contributed by atoms with E-state index >= 15 is 0 Å². The van der Waals surface area contributed by atoms with Crippen LogP contribution in [0.4, 0.5) is 5.82 Å². The Morgan fingerprint density at radius 1 is 1.17 bits per heavy atom. The van der Waals surface area contributed by atoms with Crippen molar-refractivity contribution < 1.29 is 4.74 Å². The van der Waals surface area contributed by atoms with Crippen LogP contribution in [-0.2, 0) is 17.8 Å². The fourth-order valence-electron chi connectivity index (χ4n) is 2.57. The van der Waals surface area contributed by atoms with Crippen LogP contribution in [0, 0.1) is 0 Å². The lowest BCUT2D eigenvalue weighted by atomic mass is 10.2. The van der Waals surface area contributed by atoms with Crippen molar-refractivity contribution in [3.8, 4) is 0 Å². The van der Waals surface area contributed by atoms with Gasteiger partial charge in [-0.05, 0) is 17.7 Å². The van der Waals surface area contributed by atoms with Gasteiger partial charge in [-0.25, -0.2) is 4.79 Å². The highest BCUT2D eigenvalue weighted by atomic mass is 79.9. The van der Waals surface area contributed by atoms with Crippen molar-refractivity contribution in [3.63, 3.8) is 0 Å². The molecular weight excluding hydrogens is 360 g/mol. The molecule has 0 spiro atoms. The highest BCUT2D eigenvalue weighted by Gasteiger charge is 2.14. The third-order valence-electron chi connectivity index (χ3n) is 3.87. The van der Waals surface area contributed by atoms with Crippen LogP contribution in [0.5, 0.6) is 0 Å². The average molecular weight is 379 g/mol. The van der Waals surface area contributed by atoms with E-state index in [2.05, 4.69) is 25.8 Å². The summed E-state index contributed by atoms with van der Waals surface area (Å²) in [5.41, 5.74) is 7.53. The molecule has 1 aromatic carbocycles. The fraction of sp³-hybridized carbons (Fsp3) is 0.375. The van der Waals surface area contributed by atoms with Crippen LogP contribution in [0.1, 0.15) is 11.1 Å². The van der Waals surface area contributed by atoms with Crippen LogP contribution in [-0.4, -0.2) is 40.8 Å². The number of anilines is 1. The first-order valence-electron chi connectivity index (χ1n) is 7.52. The molecule has 0 radical (unpaired) electrons. The molecule has 122 valence electrons. The number of nitrogen functional groups attached to an aromatic ring is 1. The SMILES string of the molecule is Nc1nc(=O)n(Cc2ccc(Br)cc2)cc1CN1CCOCC1. The minimum absolute atomic E-state index is 0.313. The Balaban J connectivity index is 1.81. The van der Waals surface area contributed by atoms with E-state index < -0.39 is 0 Å². The molecule has 1 aliphatic rings. The number of ether oxygens (including phenoxy) is 1. The minimum atomic E-state index is -0.323. The van der Waals surface area contributed by atoms with Crippen molar-refractivity contribution in [2.24, 2.45) is 0 Å². The summed E-state index contributed by atoms with van der Waals surface area (Å²) in [5.74, 6) is 0.313. The summed E-state index contributed by atoms with van der Waals surface area (Å²) >= 11 is 3.41. The van der Waals surface area contributed by atoms with E-state index in [1.54, 1.807) is 4.57 Å². The van der Waals surface area contributed by atoms with Crippen LogP contribution in [0.25, 0.3) is 0 Å². The lowest BCUT2D eigenvalue weighted by molar-refractivity contribution is 0.0341. The standard InChI is InChI=1S/C16H19BrN4O2/c17-14-3-1-12(2-4-14)9-21-11-13(15(18)19-16(21)22)10-20-5-7-23-8-6-20/h1-4,11H,5-10H2,(H2,18,19,22). The molecule has 0 aliphatic carbocycles. The first-order chi connectivity index (χ1) is 11.1. The van der Waals surface area contributed by atoms with Crippen molar-refractivity contribution >= 4 is 21.7 Å². The Bertz CT molecular complexity index is 724. The van der Waals surface area contributed by atoms with Crippen LogP contribution in [0.3, 0.4) is 0 Å². The van der Waals surface area contributed by atoms with E-state index in [4.69, 9.17) is 10.5 Å². The Labute approximate surface area is 143 Å². The number of morpholine rings is 1. The molecule has 1 fully saturated rings. The van der Waals surface area contributed by atoms with E-state index in [1.807, 2.05) is 30.5 Å². The fourth-order valence-corrected chi connectivity index (χ4v) is 2.83. The summed E-state index contributed by atoms with van der Waals surface area (Å²) < 4.78 is 7.97. The second kappa shape index (κ2) is 7.25. The third kappa shape index (κ3) is 4.19.